The predicted octanol–water partition coefficient (Wildman–Crippen LogP) is 4.15. The summed E-state index contributed by atoms with van der Waals surface area (Å²) in [6.07, 6.45) is 0.769. The van der Waals surface area contributed by atoms with Crippen LogP contribution in [-0.4, -0.2) is 44.0 Å². The van der Waals surface area contributed by atoms with Gasteiger partial charge in [0.1, 0.15) is 5.56 Å². The van der Waals surface area contributed by atoms with E-state index >= 15 is 0 Å². The van der Waals surface area contributed by atoms with E-state index in [1.54, 1.807) is 10.9 Å². The second kappa shape index (κ2) is 8.34. The Balaban J connectivity index is 1.69. The number of hydrogen-bond donors (Lipinski definition) is 2. The molecular weight excluding hydrogens is 415 g/mol. The van der Waals surface area contributed by atoms with Crippen LogP contribution in [-0.2, 0) is 10.9 Å². The zero-order chi connectivity index (χ0) is 22.0. The minimum atomic E-state index is -4.76. The van der Waals surface area contributed by atoms with Crippen LogP contribution in [0.4, 0.5) is 24.8 Å². The number of benzene rings is 1. The lowest BCUT2D eigenvalue weighted by molar-refractivity contribution is -0.137. The Morgan fingerprint density at radius 2 is 1.94 bits per heavy atom. The van der Waals surface area contributed by atoms with Crippen molar-refractivity contribution in [3.8, 4) is 11.3 Å². The van der Waals surface area contributed by atoms with Crippen molar-refractivity contribution in [2.75, 3.05) is 18.5 Å². The summed E-state index contributed by atoms with van der Waals surface area (Å²) >= 11 is 0. The fraction of sp³-hybridized carbons (Fsp3) is 0.300. The first-order valence-corrected chi connectivity index (χ1v) is 9.49. The van der Waals surface area contributed by atoms with Crippen molar-refractivity contribution >= 4 is 17.6 Å². The summed E-state index contributed by atoms with van der Waals surface area (Å²) in [4.78, 5) is 19.3. The highest BCUT2D eigenvalue weighted by atomic mass is 19.4. The first-order valence-electron chi connectivity index (χ1n) is 9.49. The summed E-state index contributed by atoms with van der Waals surface area (Å²) in [6, 6.07) is 5.58. The standard InChI is InChI=1S/C20H18F3N5O3/c21-20(22,23)16-10-24-19(27-17(16)14-3-1-2-4-15(14)18(29)30)26-12-9-25-28(11-12)13-5-7-31-8-6-13/h1-4,9-11,13H,5-8H2,(H,29,30)(H,24,26,27). The third kappa shape index (κ3) is 4.50. The number of nitrogens with zero attached hydrogens (tertiary/aromatic N) is 4. The van der Waals surface area contributed by atoms with Crippen molar-refractivity contribution in [3.63, 3.8) is 0 Å². The maximum Gasteiger partial charge on any atom is 0.419 e. The molecule has 0 atom stereocenters. The number of anilines is 2. The number of carbonyl (C=O) groups is 1. The van der Waals surface area contributed by atoms with Gasteiger partial charge in [-0.2, -0.15) is 18.3 Å². The Kier molecular flexibility index (Phi) is 5.59. The van der Waals surface area contributed by atoms with Gasteiger partial charge in [-0.1, -0.05) is 18.2 Å². The number of carboxylic acids is 1. The summed E-state index contributed by atoms with van der Waals surface area (Å²) < 4.78 is 47.8. The second-order valence-electron chi connectivity index (χ2n) is 6.98. The molecule has 2 N–H and O–H groups in total. The number of hydrogen-bond acceptors (Lipinski definition) is 6. The summed E-state index contributed by atoms with van der Waals surface area (Å²) in [7, 11) is 0. The van der Waals surface area contributed by atoms with Gasteiger partial charge < -0.3 is 15.2 Å². The van der Waals surface area contributed by atoms with Crippen LogP contribution < -0.4 is 5.32 Å². The average molecular weight is 433 g/mol. The molecule has 2 aromatic heterocycles. The monoisotopic (exact) mass is 433 g/mol. The van der Waals surface area contributed by atoms with Gasteiger partial charge in [0.2, 0.25) is 5.95 Å². The molecule has 3 aromatic rings. The van der Waals surface area contributed by atoms with Crippen molar-refractivity contribution in [3.05, 3.63) is 54.0 Å². The Hall–Kier alpha value is -3.47. The van der Waals surface area contributed by atoms with Gasteiger partial charge in [-0.15, -0.1) is 0 Å². The molecule has 0 aliphatic carbocycles. The van der Waals surface area contributed by atoms with Crippen molar-refractivity contribution < 1.29 is 27.8 Å². The van der Waals surface area contributed by atoms with Gasteiger partial charge in [0, 0.05) is 31.2 Å². The number of nitrogens with one attached hydrogen (secondary N) is 1. The third-order valence-electron chi connectivity index (χ3n) is 4.93. The summed E-state index contributed by atoms with van der Waals surface area (Å²) in [5.41, 5.74) is -1.57. The molecule has 0 spiro atoms. The van der Waals surface area contributed by atoms with Crippen LogP contribution in [0, 0.1) is 0 Å². The number of rotatable bonds is 5. The normalized spacial score (nSPS) is 15.1. The van der Waals surface area contributed by atoms with E-state index in [9.17, 15) is 23.1 Å². The van der Waals surface area contributed by atoms with Crippen LogP contribution >= 0.6 is 0 Å². The number of carboxylic acid groups (broad SMARTS) is 1. The van der Waals surface area contributed by atoms with Crippen molar-refractivity contribution in [2.24, 2.45) is 0 Å². The maximum absolute atomic E-state index is 13.6. The van der Waals surface area contributed by atoms with Crippen LogP contribution in [0.5, 0.6) is 0 Å². The molecule has 11 heteroatoms. The van der Waals surface area contributed by atoms with Crippen LogP contribution in [0.2, 0.25) is 0 Å². The fourth-order valence-corrected chi connectivity index (χ4v) is 3.41. The molecule has 8 nitrogen and oxygen atoms in total. The first-order chi connectivity index (χ1) is 14.8. The third-order valence-corrected chi connectivity index (χ3v) is 4.93. The highest BCUT2D eigenvalue weighted by Gasteiger charge is 2.36. The lowest BCUT2D eigenvalue weighted by Crippen LogP contribution is -2.19. The van der Waals surface area contributed by atoms with E-state index < -0.39 is 23.4 Å². The van der Waals surface area contributed by atoms with E-state index in [0.29, 0.717) is 25.1 Å². The molecule has 31 heavy (non-hydrogen) atoms. The van der Waals surface area contributed by atoms with Crippen LogP contribution in [0.3, 0.4) is 0 Å². The Morgan fingerprint density at radius 1 is 1.19 bits per heavy atom. The molecule has 1 aliphatic rings. The zero-order valence-corrected chi connectivity index (χ0v) is 16.1. The summed E-state index contributed by atoms with van der Waals surface area (Å²) in [6.45, 7) is 1.28. The lowest BCUT2D eigenvalue weighted by atomic mass is 10.0. The van der Waals surface area contributed by atoms with Gasteiger partial charge in [-0.3, -0.25) is 4.68 Å². The highest BCUT2D eigenvalue weighted by molar-refractivity contribution is 5.96. The SMILES string of the molecule is O=C(O)c1ccccc1-c1nc(Nc2cnn(C3CCOCC3)c2)ncc1C(F)(F)F. The molecule has 1 aliphatic heterocycles. The van der Waals surface area contributed by atoms with Gasteiger partial charge >= 0.3 is 12.1 Å². The van der Waals surface area contributed by atoms with Crippen molar-refractivity contribution in [1.29, 1.82) is 0 Å². The van der Waals surface area contributed by atoms with Gasteiger partial charge in [0.25, 0.3) is 0 Å². The van der Waals surface area contributed by atoms with Crippen LogP contribution in [0.25, 0.3) is 11.3 Å². The molecule has 3 heterocycles. The van der Waals surface area contributed by atoms with Gasteiger partial charge in [-0.25, -0.2) is 14.8 Å². The van der Waals surface area contributed by atoms with E-state index in [2.05, 4.69) is 20.4 Å². The van der Waals surface area contributed by atoms with Gasteiger partial charge in [-0.05, 0) is 18.9 Å². The number of ether oxygens (including phenoxy) is 1. The predicted molar refractivity (Wildman–Crippen MR) is 104 cm³/mol. The number of aromatic carboxylic acids is 1. The molecule has 162 valence electrons. The second-order valence-corrected chi connectivity index (χ2v) is 6.98. The Bertz CT molecular complexity index is 1090. The summed E-state index contributed by atoms with van der Waals surface area (Å²) in [5, 5.41) is 16.5. The van der Waals surface area contributed by atoms with Gasteiger partial charge in [0.15, 0.2) is 0 Å². The Morgan fingerprint density at radius 3 is 2.65 bits per heavy atom. The molecular formula is C20H18F3N5O3. The maximum atomic E-state index is 13.6. The molecule has 0 unspecified atom stereocenters. The molecule has 0 bridgehead atoms. The number of alkyl halides is 3. The number of aromatic nitrogens is 4. The van der Waals surface area contributed by atoms with Gasteiger partial charge in [0.05, 0.1) is 29.2 Å². The fourth-order valence-electron chi connectivity index (χ4n) is 3.41. The molecule has 0 saturated carbocycles. The molecule has 4 rings (SSSR count). The van der Waals surface area contributed by atoms with Crippen LogP contribution in [0.1, 0.15) is 34.8 Å². The lowest BCUT2D eigenvalue weighted by Gasteiger charge is -2.22. The van der Waals surface area contributed by atoms with E-state index in [4.69, 9.17) is 4.74 Å². The van der Waals surface area contributed by atoms with Crippen LogP contribution in [0.15, 0.2) is 42.9 Å². The quantitative estimate of drug-likeness (QED) is 0.623. The van der Waals surface area contributed by atoms with Crippen molar-refractivity contribution in [2.45, 2.75) is 25.1 Å². The average Bonchev–Trinajstić information content (AvgIpc) is 3.22. The molecule has 0 radical (unpaired) electrons. The molecule has 1 aromatic carbocycles. The van der Waals surface area contributed by atoms with E-state index in [-0.39, 0.29) is 23.1 Å². The zero-order valence-electron chi connectivity index (χ0n) is 16.1. The molecule has 0 amide bonds. The van der Waals surface area contributed by atoms with E-state index in [1.807, 2.05) is 0 Å². The summed E-state index contributed by atoms with van der Waals surface area (Å²) in [5.74, 6) is -1.45. The van der Waals surface area contributed by atoms with E-state index in [0.717, 1.165) is 12.8 Å². The van der Waals surface area contributed by atoms with E-state index in [1.165, 1.54) is 30.5 Å². The highest BCUT2D eigenvalue weighted by Crippen LogP contribution is 2.37. The topological polar surface area (TPSA) is 102 Å². The molecule has 1 fully saturated rings. The minimum absolute atomic E-state index is 0.102. The first kappa shape index (κ1) is 20.8. The number of halogens is 3. The smallest absolute Gasteiger partial charge is 0.419 e. The Labute approximate surface area is 174 Å². The largest absolute Gasteiger partial charge is 0.478 e. The molecule has 1 saturated heterocycles. The van der Waals surface area contributed by atoms with Crippen molar-refractivity contribution in [1.82, 2.24) is 19.7 Å². The minimum Gasteiger partial charge on any atom is -0.478 e.